The van der Waals surface area contributed by atoms with Gasteiger partial charge in [-0.3, -0.25) is 4.79 Å². The van der Waals surface area contributed by atoms with Crippen LogP contribution in [0.2, 0.25) is 5.02 Å². The van der Waals surface area contributed by atoms with Crippen LogP contribution in [0.5, 0.6) is 11.5 Å². The van der Waals surface area contributed by atoms with Crippen LogP contribution in [0.4, 0.5) is 13.2 Å². The Kier molecular flexibility index (Phi) is 7.51. The Hall–Kier alpha value is -3.24. The summed E-state index contributed by atoms with van der Waals surface area (Å²) < 4.78 is 55.7. The third-order valence-electron chi connectivity index (χ3n) is 5.35. The molecule has 7 nitrogen and oxygen atoms in total. The largest absolute Gasteiger partial charge is 0.489 e. The lowest BCUT2D eigenvalue weighted by atomic mass is 10.2. The van der Waals surface area contributed by atoms with Gasteiger partial charge in [-0.1, -0.05) is 17.7 Å². The molecule has 1 aliphatic rings. The first kappa shape index (κ1) is 24.9. The van der Waals surface area contributed by atoms with Crippen molar-refractivity contribution in [3.05, 3.63) is 64.3 Å². The van der Waals surface area contributed by atoms with Crippen molar-refractivity contribution < 1.29 is 31.9 Å². The van der Waals surface area contributed by atoms with Gasteiger partial charge in [-0.15, -0.1) is 0 Å². The maximum Gasteiger partial charge on any atom is 0.387 e. The maximum atomic E-state index is 14.0. The Bertz CT molecular complexity index is 1190. The van der Waals surface area contributed by atoms with Crippen LogP contribution < -0.4 is 20.5 Å². The Morgan fingerprint density at radius 1 is 1.29 bits per heavy atom. The van der Waals surface area contributed by atoms with E-state index in [1.165, 1.54) is 36.4 Å². The number of nitrogens with one attached hydrogen (secondary N) is 1. The highest BCUT2D eigenvalue weighted by molar-refractivity contribution is 6.31. The number of nitrogens with zero attached hydrogens (tertiary/aromatic N) is 1. The highest BCUT2D eigenvalue weighted by Crippen LogP contribution is 2.37. The van der Waals surface area contributed by atoms with Crippen molar-refractivity contribution in [3.63, 3.8) is 0 Å². The van der Waals surface area contributed by atoms with Gasteiger partial charge in [0.25, 0.3) is 5.91 Å². The molecule has 1 fully saturated rings. The van der Waals surface area contributed by atoms with Gasteiger partial charge in [0, 0.05) is 22.7 Å². The SMILES string of the molecule is C[C@H](N)c1oc(-c2ccc(OC(F)F)c(OCC3CC3)c2)nc1C(=O)NCc1c(F)cccc1Cl. The minimum absolute atomic E-state index is 0.0336. The number of hydrogen-bond donors (Lipinski definition) is 2. The first-order valence-electron chi connectivity index (χ1n) is 10.9. The average molecular weight is 510 g/mol. The number of aromatic nitrogens is 1. The summed E-state index contributed by atoms with van der Waals surface area (Å²) in [6.07, 6.45) is 2.03. The van der Waals surface area contributed by atoms with Crippen molar-refractivity contribution >= 4 is 17.5 Å². The normalized spacial score (nSPS) is 14.1. The van der Waals surface area contributed by atoms with E-state index in [0.29, 0.717) is 18.1 Å². The summed E-state index contributed by atoms with van der Waals surface area (Å²) in [5, 5.41) is 2.74. The zero-order valence-electron chi connectivity index (χ0n) is 18.7. The van der Waals surface area contributed by atoms with E-state index in [1.807, 2.05) is 0 Å². The minimum Gasteiger partial charge on any atom is -0.489 e. The van der Waals surface area contributed by atoms with Crippen molar-refractivity contribution in [1.82, 2.24) is 10.3 Å². The molecule has 0 saturated heterocycles. The maximum absolute atomic E-state index is 14.0. The van der Waals surface area contributed by atoms with E-state index in [1.54, 1.807) is 6.92 Å². The predicted molar refractivity (Wildman–Crippen MR) is 122 cm³/mol. The van der Waals surface area contributed by atoms with Crippen LogP contribution in [0.15, 0.2) is 40.8 Å². The molecule has 1 saturated carbocycles. The second-order valence-electron chi connectivity index (χ2n) is 8.20. The fourth-order valence-corrected chi connectivity index (χ4v) is 3.55. The van der Waals surface area contributed by atoms with Gasteiger partial charge in [-0.2, -0.15) is 8.78 Å². The van der Waals surface area contributed by atoms with Crippen molar-refractivity contribution in [2.24, 2.45) is 11.7 Å². The van der Waals surface area contributed by atoms with E-state index in [0.717, 1.165) is 12.8 Å². The number of oxazole rings is 1. The van der Waals surface area contributed by atoms with Crippen molar-refractivity contribution in [2.45, 2.75) is 39.0 Å². The molecule has 1 aliphatic carbocycles. The quantitative estimate of drug-likeness (QED) is 0.376. The number of halogens is 4. The van der Waals surface area contributed by atoms with Gasteiger partial charge < -0.3 is 24.9 Å². The second-order valence-corrected chi connectivity index (χ2v) is 8.61. The number of alkyl halides is 2. The third kappa shape index (κ3) is 6.07. The summed E-state index contributed by atoms with van der Waals surface area (Å²) in [4.78, 5) is 17.1. The van der Waals surface area contributed by atoms with Gasteiger partial charge in [0.05, 0.1) is 12.6 Å². The molecule has 1 heterocycles. The number of carbonyl (C=O) groups is 1. The molecule has 1 amide bonds. The van der Waals surface area contributed by atoms with Crippen LogP contribution in [0.3, 0.4) is 0 Å². The van der Waals surface area contributed by atoms with Crippen LogP contribution >= 0.6 is 11.6 Å². The highest BCUT2D eigenvalue weighted by Gasteiger charge is 2.26. The monoisotopic (exact) mass is 509 g/mol. The number of ether oxygens (including phenoxy) is 2. The molecule has 3 N–H and O–H groups in total. The molecule has 1 aromatic heterocycles. The molecule has 0 radical (unpaired) electrons. The fourth-order valence-electron chi connectivity index (χ4n) is 3.32. The molecule has 0 unspecified atom stereocenters. The summed E-state index contributed by atoms with van der Waals surface area (Å²) in [6.45, 7) is -1.22. The van der Waals surface area contributed by atoms with Crippen molar-refractivity contribution in [1.29, 1.82) is 0 Å². The lowest BCUT2D eigenvalue weighted by Gasteiger charge is -2.12. The lowest BCUT2D eigenvalue weighted by Crippen LogP contribution is -2.26. The highest BCUT2D eigenvalue weighted by atomic mass is 35.5. The van der Waals surface area contributed by atoms with Gasteiger partial charge in [0.1, 0.15) is 5.82 Å². The average Bonchev–Trinajstić information content (AvgIpc) is 3.52. The van der Waals surface area contributed by atoms with Crippen LogP contribution in [0.25, 0.3) is 11.5 Å². The van der Waals surface area contributed by atoms with E-state index in [2.05, 4.69) is 15.0 Å². The topological polar surface area (TPSA) is 99.6 Å². The summed E-state index contributed by atoms with van der Waals surface area (Å²) in [7, 11) is 0. The molecule has 4 rings (SSSR count). The molecule has 0 bridgehead atoms. The zero-order chi connectivity index (χ0) is 25.1. The summed E-state index contributed by atoms with van der Waals surface area (Å²) in [6, 6.07) is 7.75. The van der Waals surface area contributed by atoms with Crippen molar-refractivity contribution in [2.75, 3.05) is 6.61 Å². The Morgan fingerprint density at radius 2 is 2.06 bits per heavy atom. The molecule has 11 heteroatoms. The van der Waals surface area contributed by atoms with E-state index >= 15 is 0 Å². The van der Waals surface area contributed by atoms with Crippen LogP contribution in [-0.2, 0) is 6.54 Å². The predicted octanol–water partition coefficient (Wildman–Crippen LogP) is 5.47. The Balaban J connectivity index is 1.59. The molecule has 2 aromatic carbocycles. The van der Waals surface area contributed by atoms with E-state index in [4.69, 9.17) is 26.5 Å². The molecule has 0 spiro atoms. The van der Waals surface area contributed by atoms with Crippen LogP contribution in [-0.4, -0.2) is 24.1 Å². The number of rotatable bonds is 10. The molecule has 0 aliphatic heterocycles. The van der Waals surface area contributed by atoms with Gasteiger partial charge in [-0.05, 0) is 56.0 Å². The standard InChI is InChI=1S/C24H23ClF3N3O4/c1-12(29)21-20(22(32)30-10-15-16(25)3-2-4-17(15)26)31-23(35-21)14-7-8-18(34-24(27)28)19(9-14)33-11-13-5-6-13/h2-4,7-9,12-13,24H,5-6,10-11,29H2,1H3,(H,30,32)/t12-/m0/s1. The zero-order valence-corrected chi connectivity index (χ0v) is 19.4. The first-order chi connectivity index (χ1) is 16.7. The number of amides is 1. The molecule has 3 aromatic rings. The number of carbonyl (C=O) groups excluding carboxylic acids is 1. The third-order valence-corrected chi connectivity index (χ3v) is 5.70. The van der Waals surface area contributed by atoms with E-state index < -0.39 is 24.4 Å². The molecule has 1 atom stereocenters. The minimum atomic E-state index is -3.02. The lowest BCUT2D eigenvalue weighted by molar-refractivity contribution is -0.0515. The summed E-state index contributed by atoms with van der Waals surface area (Å²) in [5.74, 6) is -0.705. The van der Waals surface area contributed by atoms with Crippen molar-refractivity contribution in [3.8, 4) is 23.0 Å². The molecule has 186 valence electrons. The van der Waals surface area contributed by atoms with Gasteiger partial charge in [0.2, 0.25) is 5.89 Å². The summed E-state index contributed by atoms with van der Waals surface area (Å²) in [5.41, 5.74) is 6.38. The van der Waals surface area contributed by atoms with E-state index in [9.17, 15) is 18.0 Å². The Labute approximate surface area is 204 Å². The van der Waals surface area contributed by atoms with Crippen LogP contribution in [0.1, 0.15) is 47.6 Å². The number of benzene rings is 2. The van der Waals surface area contributed by atoms with Gasteiger partial charge in [-0.25, -0.2) is 9.37 Å². The smallest absolute Gasteiger partial charge is 0.387 e. The van der Waals surface area contributed by atoms with Gasteiger partial charge in [0.15, 0.2) is 23.0 Å². The number of nitrogens with two attached hydrogens (primary N) is 1. The fraction of sp³-hybridized carbons (Fsp3) is 0.333. The number of hydrogen-bond acceptors (Lipinski definition) is 6. The molecular formula is C24H23ClF3N3O4. The molecular weight excluding hydrogens is 487 g/mol. The van der Waals surface area contributed by atoms with E-state index in [-0.39, 0.29) is 46.0 Å². The first-order valence-corrected chi connectivity index (χ1v) is 11.3. The van der Waals surface area contributed by atoms with Gasteiger partial charge >= 0.3 is 6.61 Å². The van der Waals surface area contributed by atoms with Crippen LogP contribution in [0, 0.1) is 11.7 Å². The Morgan fingerprint density at radius 3 is 2.71 bits per heavy atom. The summed E-state index contributed by atoms with van der Waals surface area (Å²) >= 11 is 6.02. The second kappa shape index (κ2) is 10.6. The molecule has 35 heavy (non-hydrogen) atoms.